The minimum absolute atomic E-state index is 0.0688. The zero-order valence-corrected chi connectivity index (χ0v) is 20.9. The number of benzene rings is 2. The van der Waals surface area contributed by atoms with Gasteiger partial charge < -0.3 is 15.5 Å². The number of hydrogen-bond donors (Lipinski definition) is 2. The van der Waals surface area contributed by atoms with Crippen LogP contribution in [0.1, 0.15) is 45.9 Å². The van der Waals surface area contributed by atoms with Gasteiger partial charge in [-0.15, -0.1) is 0 Å². The van der Waals surface area contributed by atoms with Gasteiger partial charge >= 0.3 is 6.03 Å². The van der Waals surface area contributed by atoms with Crippen LogP contribution in [0.15, 0.2) is 60.7 Å². The predicted octanol–water partition coefficient (Wildman–Crippen LogP) is 5.61. The summed E-state index contributed by atoms with van der Waals surface area (Å²) in [5.74, 6) is 0.501. The van der Waals surface area contributed by atoms with E-state index in [9.17, 15) is 9.59 Å². The molecule has 0 saturated carbocycles. The van der Waals surface area contributed by atoms with Crippen LogP contribution in [0, 0.1) is 12.8 Å². The zero-order valence-electron chi connectivity index (χ0n) is 20.9. The Balaban J connectivity index is 1.80. The first-order valence-corrected chi connectivity index (χ1v) is 11.6. The Morgan fingerprint density at radius 1 is 1.00 bits per heavy atom. The van der Waals surface area contributed by atoms with Crippen LogP contribution in [0.2, 0.25) is 0 Å². The lowest BCUT2D eigenvalue weighted by molar-refractivity contribution is -0.116. The van der Waals surface area contributed by atoms with E-state index in [1.807, 2.05) is 81.4 Å². The summed E-state index contributed by atoms with van der Waals surface area (Å²) in [4.78, 5) is 27.6. The van der Waals surface area contributed by atoms with E-state index < -0.39 is 0 Å². The summed E-state index contributed by atoms with van der Waals surface area (Å²) in [6.07, 6.45) is 0. The van der Waals surface area contributed by atoms with E-state index >= 15 is 0 Å². The van der Waals surface area contributed by atoms with Gasteiger partial charge in [-0.3, -0.25) is 4.79 Å². The highest BCUT2D eigenvalue weighted by Crippen LogP contribution is 2.26. The van der Waals surface area contributed by atoms with Crippen molar-refractivity contribution in [3.8, 4) is 5.69 Å². The predicted molar refractivity (Wildman–Crippen MR) is 138 cm³/mol. The van der Waals surface area contributed by atoms with Gasteiger partial charge in [-0.1, -0.05) is 65.0 Å². The van der Waals surface area contributed by atoms with Gasteiger partial charge in [0.05, 0.1) is 11.4 Å². The van der Waals surface area contributed by atoms with Gasteiger partial charge in [-0.2, -0.15) is 5.10 Å². The molecule has 2 N–H and O–H groups in total. The maximum absolute atomic E-state index is 13.1. The van der Waals surface area contributed by atoms with Crippen molar-refractivity contribution >= 4 is 23.4 Å². The smallest absolute Gasteiger partial charge is 0.315 e. The van der Waals surface area contributed by atoms with Gasteiger partial charge in [0.1, 0.15) is 12.4 Å². The number of hydrogen-bond acceptors (Lipinski definition) is 3. The van der Waals surface area contributed by atoms with Crippen molar-refractivity contribution in [3.05, 3.63) is 71.9 Å². The van der Waals surface area contributed by atoms with Crippen LogP contribution < -0.4 is 10.6 Å². The highest BCUT2D eigenvalue weighted by atomic mass is 16.2. The van der Waals surface area contributed by atoms with E-state index in [4.69, 9.17) is 5.10 Å². The van der Waals surface area contributed by atoms with E-state index in [2.05, 4.69) is 31.4 Å². The SMILES string of the molecule is Cc1cccc(NC(=O)N(CC(=O)Nc2cc(C(C)(C)C)nn2-c2ccccc2)CC(C)C)c1. The Labute approximate surface area is 202 Å². The highest BCUT2D eigenvalue weighted by molar-refractivity contribution is 5.96. The first kappa shape index (κ1) is 25.0. The molecule has 34 heavy (non-hydrogen) atoms. The molecule has 1 aromatic heterocycles. The van der Waals surface area contributed by atoms with Crippen molar-refractivity contribution in [2.75, 3.05) is 23.7 Å². The monoisotopic (exact) mass is 461 g/mol. The van der Waals surface area contributed by atoms with Crippen molar-refractivity contribution in [2.24, 2.45) is 5.92 Å². The number of nitrogens with one attached hydrogen (secondary N) is 2. The van der Waals surface area contributed by atoms with E-state index in [0.29, 0.717) is 18.1 Å². The topological polar surface area (TPSA) is 79.3 Å². The van der Waals surface area contributed by atoms with Gasteiger partial charge in [-0.25, -0.2) is 9.48 Å². The number of amides is 3. The Hall–Kier alpha value is -3.61. The average molecular weight is 462 g/mol. The molecule has 0 fully saturated rings. The highest BCUT2D eigenvalue weighted by Gasteiger charge is 2.23. The van der Waals surface area contributed by atoms with Crippen LogP contribution in [0.25, 0.3) is 5.69 Å². The van der Waals surface area contributed by atoms with Gasteiger partial charge in [-0.05, 0) is 42.7 Å². The largest absolute Gasteiger partial charge is 0.322 e. The first-order valence-electron chi connectivity index (χ1n) is 11.6. The number of urea groups is 1. The Bertz CT molecular complexity index is 1130. The molecule has 0 bridgehead atoms. The molecule has 0 atom stereocenters. The third-order valence-electron chi connectivity index (χ3n) is 5.22. The maximum Gasteiger partial charge on any atom is 0.322 e. The second-order valence-corrected chi connectivity index (χ2v) is 10.0. The van der Waals surface area contributed by atoms with Crippen LogP contribution >= 0.6 is 0 Å². The van der Waals surface area contributed by atoms with Crippen LogP contribution in [-0.2, 0) is 10.2 Å². The van der Waals surface area contributed by atoms with Crippen LogP contribution in [0.5, 0.6) is 0 Å². The quantitative estimate of drug-likeness (QED) is 0.480. The Morgan fingerprint density at radius 2 is 1.71 bits per heavy atom. The zero-order chi connectivity index (χ0) is 24.9. The Kier molecular flexibility index (Phi) is 7.76. The van der Waals surface area contributed by atoms with Crippen molar-refractivity contribution in [3.63, 3.8) is 0 Å². The van der Waals surface area contributed by atoms with Crippen molar-refractivity contribution in [1.82, 2.24) is 14.7 Å². The number of aromatic nitrogens is 2. The minimum Gasteiger partial charge on any atom is -0.315 e. The molecule has 180 valence electrons. The number of carbonyl (C=O) groups is 2. The molecular formula is C27H35N5O2. The third kappa shape index (κ3) is 6.70. The number of rotatable bonds is 7. The van der Waals surface area contributed by atoms with Crippen LogP contribution in [-0.4, -0.2) is 39.7 Å². The fraction of sp³-hybridized carbons (Fsp3) is 0.370. The lowest BCUT2D eigenvalue weighted by Crippen LogP contribution is -2.42. The van der Waals surface area contributed by atoms with E-state index in [1.165, 1.54) is 4.90 Å². The molecular weight excluding hydrogens is 426 g/mol. The Morgan fingerprint density at radius 3 is 2.32 bits per heavy atom. The summed E-state index contributed by atoms with van der Waals surface area (Å²) in [6.45, 7) is 12.6. The summed E-state index contributed by atoms with van der Waals surface area (Å²) < 4.78 is 1.73. The second-order valence-electron chi connectivity index (χ2n) is 10.0. The van der Waals surface area contributed by atoms with Gasteiger partial charge in [0, 0.05) is 23.7 Å². The summed E-state index contributed by atoms with van der Waals surface area (Å²) in [6, 6.07) is 18.9. The number of nitrogens with zero attached hydrogens (tertiary/aromatic N) is 3. The molecule has 7 heteroatoms. The molecule has 0 aliphatic heterocycles. The van der Waals surface area contributed by atoms with E-state index in [1.54, 1.807) is 4.68 Å². The molecule has 0 unspecified atom stereocenters. The first-order chi connectivity index (χ1) is 16.0. The molecule has 3 aromatic rings. The lowest BCUT2D eigenvalue weighted by Gasteiger charge is -2.24. The molecule has 0 aliphatic carbocycles. The summed E-state index contributed by atoms with van der Waals surface area (Å²) in [5.41, 5.74) is 3.29. The fourth-order valence-electron chi connectivity index (χ4n) is 3.54. The van der Waals surface area contributed by atoms with Crippen LogP contribution in [0.4, 0.5) is 16.3 Å². The maximum atomic E-state index is 13.1. The third-order valence-corrected chi connectivity index (χ3v) is 5.22. The van der Waals surface area contributed by atoms with E-state index in [-0.39, 0.29) is 29.8 Å². The summed E-state index contributed by atoms with van der Waals surface area (Å²) in [7, 11) is 0. The molecule has 0 saturated heterocycles. The fourth-order valence-corrected chi connectivity index (χ4v) is 3.54. The van der Waals surface area contributed by atoms with Gasteiger partial charge in [0.25, 0.3) is 0 Å². The average Bonchev–Trinajstić information content (AvgIpc) is 3.18. The summed E-state index contributed by atoms with van der Waals surface area (Å²) >= 11 is 0. The van der Waals surface area contributed by atoms with E-state index in [0.717, 1.165) is 16.9 Å². The summed E-state index contributed by atoms with van der Waals surface area (Å²) in [5, 5.41) is 10.6. The molecule has 0 spiro atoms. The standard InChI is InChI=1S/C27H35N5O2/c1-19(2)17-31(26(34)28-21-12-10-11-20(3)15-21)18-25(33)29-24-16-23(27(4,5)6)30-32(24)22-13-8-7-9-14-22/h7-16,19H,17-18H2,1-6H3,(H,28,34)(H,29,33). The lowest BCUT2D eigenvalue weighted by atomic mass is 9.92. The van der Waals surface area contributed by atoms with Gasteiger partial charge in [0.2, 0.25) is 5.91 Å². The van der Waals surface area contributed by atoms with Crippen molar-refractivity contribution < 1.29 is 9.59 Å². The van der Waals surface area contributed by atoms with Crippen LogP contribution in [0.3, 0.4) is 0 Å². The second kappa shape index (κ2) is 10.5. The van der Waals surface area contributed by atoms with Crippen molar-refractivity contribution in [2.45, 2.75) is 47.0 Å². The molecule has 3 rings (SSSR count). The number of aryl methyl sites for hydroxylation is 1. The molecule has 0 radical (unpaired) electrons. The number of para-hydroxylation sites is 1. The van der Waals surface area contributed by atoms with Gasteiger partial charge in [0.15, 0.2) is 0 Å². The minimum atomic E-state index is -0.304. The molecule has 1 heterocycles. The number of carbonyl (C=O) groups excluding carboxylic acids is 2. The normalized spacial score (nSPS) is 11.4. The van der Waals surface area contributed by atoms with Crippen molar-refractivity contribution in [1.29, 1.82) is 0 Å². The molecule has 3 amide bonds. The molecule has 0 aliphatic rings. The molecule has 2 aromatic carbocycles. The number of anilines is 2. The molecule has 7 nitrogen and oxygen atoms in total.